The second-order valence-corrected chi connectivity index (χ2v) is 13.8. The number of hydrogen-bond donors (Lipinski definition) is 0. The SMILES string of the molecule is CC(C)(C)c1ccccc1N1[CH-]N(c2[c-]c(Oc3[c-]c4c(cc3)-c3ccccc3-c3ccccc3N4c3ccccn3)ccc2)c2ccccc21.[Pt]. The Bertz CT molecular complexity index is 2400. The Balaban J connectivity index is 0.00000387. The van der Waals surface area contributed by atoms with Gasteiger partial charge in [-0.3, -0.25) is 0 Å². The Kier molecular flexibility index (Phi) is 8.69. The summed E-state index contributed by atoms with van der Waals surface area (Å²) in [5, 5.41) is 0. The number of ether oxygens (including phenoxy) is 1. The summed E-state index contributed by atoms with van der Waals surface area (Å²) in [6.45, 7) is 8.92. The third-order valence-electron chi connectivity index (χ3n) is 9.49. The Labute approximate surface area is 320 Å². The number of aromatic nitrogens is 1. The summed E-state index contributed by atoms with van der Waals surface area (Å²) in [7, 11) is 0. The van der Waals surface area contributed by atoms with Gasteiger partial charge in [-0.15, -0.1) is 48.3 Å². The van der Waals surface area contributed by atoms with Gasteiger partial charge < -0.3 is 19.4 Å². The van der Waals surface area contributed by atoms with Gasteiger partial charge in [-0.25, -0.2) is 4.98 Å². The molecule has 2 aliphatic rings. The van der Waals surface area contributed by atoms with Crippen LogP contribution in [0, 0.1) is 18.8 Å². The summed E-state index contributed by atoms with van der Waals surface area (Å²) in [4.78, 5) is 11.4. The van der Waals surface area contributed by atoms with Gasteiger partial charge in [0.2, 0.25) is 0 Å². The number of rotatable bonds is 5. The average molecular weight is 855 g/mol. The number of hydrogen-bond acceptors (Lipinski definition) is 5. The number of nitrogens with zero attached hydrogens (tertiary/aromatic N) is 4. The van der Waals surface area contributed by atoms with Crippen LogP contribution in [0.2, 0.25) is 0 Å². The van der Waals surface area contributed by atoms with E-state index in [-0.39, 0.29) is 26.5 Å². The van der Waals surface area contributed by atoms with Crippen molar-refractivity contribution in [2.75, 3.05) is 14.7 Å². The van der Waals surface area contributed by atoms with E-state index in [1.807, 2.05) is 42.6 Å². The molecule has 7 aromatic rings. The summed E-state index contributed by atoms with van der Waals surface area (Å²) in [6, 6.07) is 57.4. The van der Waals surface area contributed by atoms with Crippen molar-refractivity contribution in [1.82, 2.24) is 4.98 Å². The zero-order valence-electron chi connectivity index (χ0n) is 29.0. The molecule has 258 valence electrons. The van der Waals surface area contributed by atoms with Crippen molar-refractivity contribution in [3.63, 3.8) is 0 Å². The Morgan fingerprint density at radius 1 is 0.538 bits per heavy atom. The zero-order valence-corrected chi connectivity index (χ0v) is 31.3. The summed E-state index contributed by atoms with van der Waals surface area (Å²) < 4.78 is 6.60. The maximum Gasteiger partial charge on any atom is 0.135 e. The summed E-state index contributed by atoms with van der Waals surface area (Å²) in [5.74, 6) is 2.00. The van der Waals surface area contributed by atoms with Gasteiger partial charge >= 0.3 is 0 Å². The van der Waals surface area contributed by atoms with E-state index in [9.17, 15) is 0 Å². The molecule has 0 spiro atoms. The summed E-state index contributed by atoms with van der Waals surface area (Å²) in [6.07, 6.45) is 1.83. The third-order valence-corrected chi connectivity index (χ3v) is 9.49. The van der Waals surface area contributed by atoms with Gasteiger partial charge in [0.25, 0.3) is 0 Å². The van der Waals surface area contributed by atoms with Crippen LogP contribution in [-0.4, -0.2) is 4.98 Å². The molecule has 6 aromatic carbocycles. The van der Waals surface area contributed by atoms with Crippen molar-refractivity contribution in [3.8, 4) is 33.8 Å². The predicted molar refractivity (Wildman–Crippen MR) is 208 cm³/mol. The van der Waals surface area contributed by atoms with Gasteiger partial charge in [0.1, 0.15) is 5.82 Å². The fourth-order valence-corrected chi connectivity index (χ4v) is 7.18. The third kappa shape index (κ3) is 5.85. The molecule has 1 aromatic heterocycles. The molecule has 0 bridgehead atoms. The fraction of sp³-hybridized carbons (Fsp3) is 0.0870. The first-order chi connectivity index (χ1) is 24.9. The summed E-state index contributed by atoms with van der Waals surface area (Å²) in [5.41, 5.74) is 11.9. The van der Waals surface area contributed by atoms with Gasteiger partial charge in [-0.05, 0) is 52.9 Å². The molecule has 0 unspecified atom stereocenters. The largest absolute Gasteiger partial charge is 0.509 e. The zero-order chi connectivity index (χ0) is 34.5. The van der Waals surface area contributed by atoms with Crippen LogP contribution >= 0.6 is 0 Å². The molecule has 9 rings (SSSR count). The van der Waals surface area contributed by atoms with Crippen molar-refractivity contribution in [1.29, 1.82) is 0 Å². The molecule has 6 heteroatoms. The van der Waals surface area contributed by atoms with Crippen LogP contribution in [0.25, 0.3) is 22.3 Å². The number of anilines is 7. The van der Waals surface area contributed by atoms with Crippen molar-refractivity contribution in [3.05, 3.63) is 176 Å². The van der Waals surface area contributed by atoms with E-state index in [2.05, 4.69) is 163 Å². The van der Waals surface area contributed by atoms with E-state index in [1.54, 1.807) is 0 Å². The number of para-hydroxylation sites is 4. The fourth-order valence-electron chi connectivity index (χ4n) is 7.18. The normalized spacial score (nSPS) is 12.9. The maximum absolute atomic E-state index is 6.60. The maximum atomic E-state index is 6.60. The quantitative estimate of drug-likeness (QED) is 0.161. The van der Waals surface area contributed by atoms with Gasteiger partial charge in [0.15, 0.2) is 0 Å². The topological polar surface area (TPSA) is 31.8 Å². The average Bonchev–Trinajstić information content (AvgIpc) is 3.50. The second kappa shape index (κ2) is 13.5. The van der Waals surface area contributed by atoms with E-state index in [1.165, 1.54) is 5.56 Å². The van der Waals surface area contributed by atoms with Crippen LogP contribution < -0.4 is 19.4 Å². The molecule has 0 saturated carbocycles. The van der Waals surface area contributed by atoms with E-state index < -0.39 is 0 Å². The molecular weight excluding hydrogens is 820 g/mol. The standard InChI is InChI=1S/C46H35N4O.Pt/c1-46(2,3)39-20-7-9-22-41(39)49-31-48(42-23-10-11-24-43(42)49)32-15-14-16-33(29-32)51-34-26-27-38-36-18-5-4-17-35(36)37-19-6-8-21-40(37)50(44(38)30-34)45-25-12-13-28-47-45;/h4-28,31H,1-3H3;/q-3;. The first kappa shape index (κ1) is 33.5. The molecule has 0 atom stereocenters. The first-order valence-corrected chi connectivity index (χ1v) is 17.2. The van der Waals surface area contributed by atoms with Crippen molar-refractivity contribution in [2.24, 2.45) is 0 Å². The van der Waals surface area contributed by atoms with Crippen LogP contribution in [-0.2, 0) is 26.5 Å². The smallest absolute Gasteiger partial charge is 0.135 e. The summed E-state index contributed by atoms with van der Waals surface area (Å²) >= 11 is 0. The Hall–Kier alpha value is -5.64. The predicted octanol–water partition coefficient (Wildman–Crippen LogP) is 12.3. The van der Waals surface area contributed by atoms with Gasteiger partial charge in [0, 0.05) is 61.4 Å². The van der Waals surface area contributed by atoms with Crippen LogP contribution in [0.1, 0.15) is 26.3 Å². The minimum Gasteiger partial charge on any atom is -0.509 e. The molecular formula is C46H35N4OPt-3. The van der Waals surface area contributed by atoms with Gasteiger partial charge in [-0.2, -0.15) is 12.1 Å². The van der Waals surface area contributed by atoms with Crippen molar-refractivity contribution < 1.29 is 25.8 Å². The number of benzene rings is 6. The monoisotopic (exact) mass is 854 g/mol. The van der Waals surface area contributed by atoms with Gasteiger partial charge in [0.05, 0.1) is 5.69 Å². The Morgan fingerprint density at radius 2 is 1.15 bits per heavy atom. The number of pyridine rings is 1. The minimum absolute atomic E-state index is 0. The molecule has 0 fully saturated rings. The van der Waals surface area contributed by atoms with E-state index >= 15 is 0 Å². The van der Waals surface area contributed by atoms with Crippen molar-refractivity contribution in [2.45, 2.75) is 26.2 Å². The molecule has 0 radical (unpaired) electrons. The van der Waals surface area contributed by atoms with Crippen LogP contribution in [0.15, 0.2) is 152 Å². The molecule has 5 nitrogen and oxygen atoms in total. The molecule has 0 aliphatic carbocycles. The Morgan fingerprint density at radius 3 is 1.88 bits per heavy atom. The molecule has 0 N–H and O–H groups in total. The van der Waals surface area contributed by atoms with E-state index in [0.29, 0.717) is 11.5 Å². The van der Waals surface area contributed by atoms with Crippen LogP contribution in [0.5, 0.6) is 11.5 Å². The van der Waals surface area contributed by atoms with Crippen LogP contribution in [0.4, 0.5) is 39.9 Å². The molecule has 52 heavy (non-hydrogen) atoms. The van der Waals surface area contributed by atoms with Crippen molar-refractivity contribution >= 4 is 39.9 Å². The van der Waals surface area contributed by atoms with Gasteiger partial charge in [-0.1, -0.05) is 111 Å². The second-order valence-electron chi connectivity index (χ2n) is 13.8. The molecule has 0 amide bonds. The first-order valence-electron chi connectivity index (χ1n) is 17.2. The van der Waals surface area contributed by atoms with E-state index in [4.69, 9.17) is 9.72 Å². The molecule has 0 saturated heterocycles. The number of fused-ring (bicyclic) bond motifs is 6. The van der Waals surface area contributed by atoms with Crippen LogP contribution in [0.3, 0.4) is 0 Å². The minimum atomic E-state index is -0.0205. The molecule has 3 heterocycles. The molecule has 2 aliphatic heterocycles. The van der Waals surface area contributed by atoms with E-state index in [0.717, 1.165) is 62.2 Å².